The van der Waals surface area contributed by atoms with Crippen molar-refractivity contribution in [3.05, 3.63) is 0 Å². The predicted molar refractivity (Wildman–Crippen MR) is 79.7 cm³/mol. The summed E-state index contributed by atoms with van der Waals surface area (Å²) in [5.41, 5.74) is 0.787. The molecule has 1 spiro atoms. The van der Waals surface area contributed by atoms with Crippen LogP contribution in [0.1, 0.15) is 66.2 Å². The highest BCUT2D eigenvalue weighted by Gasteiger charge is 2.45. The van der Waals surface area contributed by atoms with Crippen molar-refractivity contribution in [2.45, 2.75) is 66.2 Å². The summed E-state index contributed by atoms with van der Waals surface area (Å²) in [4.78, 5) is 2.69. The van der Waals surface area contributed by atoms with E-state index in [1.807, 2.05) is 0 Å². The second-order valence-electron chi connectivity index (χ2n) is 7.94. The van der Waals surface area contributed by atoms with Crippen LogP contribution < -0.4 is 0 Å². The molecule has 1 aliphatic heterocycles. The Balaban J connectivity index is 1.65. The molecule has 0 bridgehead atoms. The molecule has 1 nitrogen and oxygen atoms in total. The molecule has 0 radical (unpaired) electrons. The van der Waals surface area contributed by atoms with E-state index in [-0.39, 0.29) is 0 Å². The van der Waals surface area contributed by atoms with Gasteiger partial charge in [0, 0.05) is 6.54 Å². The zero-order valence-corrected chi connectivity index (χ0v) is 13.0. The molecule has 0 aromatic rings. The van der Waals surface area contributed by atoms with Crippen molar-refractivity contribution in [2.75, 3.05) is 19.6 Å². The minimum absolute atomic E-state index is 0.787. The zero-order chi connectivity index (χ0) is 13.2. The number of rotatable bonds is 5. The second kappa shape index (κ2) is 5.94. The minimum atomic E-state index is 0.787. The third-order valence-corrected chi connectivity index (χ3v) is 5.14. The normalized spacial score (nSPS) is 25.0. The highest BCUT2D eigenvalue weighted by molar-refractivity contribution is 4.96. The van der Waals surface area contributed by atoms with Gasteiger partial charge in [0.05, 0.1) is 0 Å². The van der Waals surface area contributed by atoms with E-state index >= 15 is 0 Å². The van der Waals surface area contributed by atoms with Crippen molar-refractivity contribution in [1.82, 2.24) is 4.90 Å². The lowest BCUT2D eigenvalue weighted by Gasteiger charge is -2.53. The maximum Gasteiger partial charge on any atom is 0.000439 e. The van der Waals surface area contributed by atoms with Crippen molar-refractivity contribution < 1.29 is 0 Å². The Morgan fingerprint density at radius 1 is 1.00 bits per heavy atom. The molecule has 0 N–H and O–H groups in total. The summed E-state index contributed by atoms with van der Waals surface area (Å²) in [5.74, 6) is 2.80. The van der Waals surface area contributed by atoms with Gasteiger partial charge in [-0.25, -0.2) is 0 Å². The molecular weight excluding hydrogens is 218 g/mol. The predicted octanol–water partition coefficient (Wildman–Crippen LogP) is 4.57. The molecule has 1 saturated carbocycles. The SMILES string of the molecule is CC(C)CCC1CC2(CCN(CC(C)C)CC2)C1. The number of piperidine rings is 1. The minimum Gasteiger partial charge on any atom is -0.303 e. The van der Waals surface area contributed by atoms with Crippen LogP contribution in [0.4, 0.5) is 0 Å². The molecule has 0 atom stereocenters. The van der Waals surface area contributed by atoms with Crippen molar-refractivity contribution >= 4 is 0 Å². The summed E-state index contributed by atoms with van der Waals surface area (Å²) in [6, 6.07) is 0. The van der Waals surface area contributed by atoms with Gasteiger partial charge >= 0.3 is 0 Å². The fourth-order valence-electron chi connectivity index (χ4n) is 4.07. The first-order chi connectivity index (χ1) is 8.49. The lowest BCUT2D eigenvalue weighted by Crippen LogP contribution is -2.47. The van der Waals surface area contributed by atoms with E-state index in [0.717, 1.165) is 23.2 Å². The van der Waals surface area contributed by atoms with Gasteiger partial charge in [-0.3, -0.25) is 0 Å². The van der Waals surface area contributed by atoms with Crippen LogP contribution in [0.2, 0.25) is 0 Å². The summed E-state index contributed by atoms with van der Waals surface area (Å²) >= 11 is 0. The highest BCUT2D eigenvalue weighted by atomic mass is 15.1. The van der Waals surface area contributed by atoms with Crippen molar-refractivity contribution in [3.8, 4) is 0 Å². The summed E-state index contributed by atoms with van der Waals surface area (Å²) in [6.45, 7) is 13.5. The molecule has 1 aliphatic carbocycles. The molecule has 1 heterocycles. The van der Waals surface area contributed by atoms with Gasteiger partial charge in [0.25, 0.3) is 0 Å². The molecule has 0 unspecified atom stereocenters. The molecular formula is C17H33N. The van der Waals surface area contributed by atoms with Crippen LogP contribution in [-0.4, -0.2) is 24.5 Å². The maximum atomic E-state index is 2.69. The fraction of sp³-hybridized carbons (Fsp3) is 1.00. The molecule has 18 heavy (non-hydrogen) atoms. The van der Waals surface area contributed by atoms with Gasteiger partial charge in [-0.05, 0) is 61.9 Å². The van der Waals surface area contributed by atoms with E-state index in [1.54, 1.807) is 12.8 Å². The number of hydrogen-bond donors (Lipinski definition) is 0. The Morgan fingerprint density at radius 3 is 2.11 bits per heavy atom. The van der Waals surface area contributed by atoms with Crippen LogP contribution in [0, 0.1) is 23.2 Å². The van der Waals surface area contributed by atoms with E-state index in [2.05, 4.69) is 32.6 Å². The molecule has 1 heteroatoms. The lowest BCUT2D eigenvalue weighted by atomic mass is 9.56. The van der Waals surface area contributed by atoms with Gasteiger partial charge in [0.1, 0.15) is 0 Å². The lowest BCUT2D eigenvalue weighted by molar-refractivity contribution is -0.0199. The first kappa shape index (κ1) is 14.4. The summed E-state index contributed by atoms with van der Waals surface area (Å²) < 4.78 is 0. The van der Waals surface area contributed by atoms with Gasteiger partial charge in [0.2, 0.25) is 0 Å². The van der Waals surface area contributed by atoms with Gasteiger partial charge in [0.15, 0.2) is 0 Å². The largest absolute Gasteiger partial charge is 0.303 e. The Kier molecular flexibility index (Phi) is 4.75. The number of likely N-dealkylation sites (tertiary alicyclic amines) is 1. The Hall–Kier alpha value is -0.0400. The molecule has 2 aliphatic rings. The standard InChI is InChI=1S/C17H33N/c1-14(2)5-6-16-11-17(12-16)7-9-18(10-8-17)13-15(3)4/h14-16H,5-13H2,1-4H3. The van der Waals surface area contributed by atoms with Crippen LogP contribution in [0.15, 0.2) is 0 Å². The monoisotopic (exact) mass is 251 g/mol. The Labute approximate surface area is 114 Å². The summed E-state index contributed by atoms with van der Waals surface area (Å²) in [5, 5.41) is 0. The average molecular weight is 251 g/mol. The number of hydrogen-bond acceptors (Lipinski definition) is 1. The third kappa shape index (κ3) is 3.73. The average Bonchev–Trinajstić information content (AvgIpc) is 2.24. The fourth-order valence-corrected chi connectivity index (χ4v) is 4.07. The molecule has 0 aromatic carbocycles. The molecule has 2 rings (SSSR count). The quantitative estimate of drug-likeness (QED) is 0.692. The summed E-state index contributed by atoms with van der Waals surface area (Å²) in [7, 11) is 0. The second-order valence-corrected chi connectivity index (χ2v) is 7.94. The molecule has 0 aromatic heterocycles. The van der Waals surface area contributed by atoms with Crippen molar-refractivity contribution in [2.24, 2.45) is 23.2 Å². The van der Waals surface area contributed by atoms with E-state index in [9.17, 15) is 0 Å². The Bertz CT molecular complexity index is 233. The molecule has 106 valence electrons. The highest BCUT2D eigenvalue weighted by Crippen LogP contribution is 2.54. The van der Waals surface area contributed by atoms with Crippen LogP contribution in [0.3, 0.4) is 0 Å². The third-order valence-electron chi connectivity index (χ3n) is 5.14. The van der Waals surface area contributed by atoms with Crippen LogP contribution >= 0.6 is 0 Å². The van der Waals surface area contributed by atoms with E-state index in [1.165, 1.54) is 45.3 Å². The van der Waals surface area contributed by atoms with Crippen LogP contribution in [0.25, 0.3) is 0 Å². The smallest absolute Gasteiger partial charge is 0.000439 e. The van der Waals surface area contributed by atoms with E-state index in [0.29, 0.717) is 0 Å². The Morgan fingerprint density at radius 2 is 1.61 bits per heavy atom. The van der Waals surface area contributed by atoms with Crippen LogP contribution in [-0.2, 0) is 0 Å². The van der Waals surface area contributed by atoms with Gasteiger partial charge in [-0.2, -0.15) is 0 Å². The first-order valence-corrected chi connectivity index (χ1v) is 8.21. The molecule has 0 amide bonds. The molecule has 1 saturated heterocycles. The van der Waals surface area contributed by atoms with Gasteiger partial charge < -0.3 is 4.90 Å². The van der Waals surface area contributed by atoms with Crippen molar-refractivity contribution in [3.63, 3.8) is 0 Å². The number of nitrogens with zero attached hydrogens (tertiary/aromatic N) is 1. The van der Waals surface area contributed by atoms with E-state index in [4.69, 9.17) is 0 Å². The summed E-state index contributed by atoms with van der Waals surface area (Å²) in [6.07, 6.45) is 9.01. The van der Waals surface area contributed by atoms with E-state index < -0.39 is 0 Å². The topological polar surface area (TPSA) is 3.24 Å². The van der Waals surface area contributed by atoms with Crippen LogP contribution in [0.5, 0.6) is 0 Å². The van der Waals surface area contributed by atoms with Gasteiger partial charge in [-0.15, -0.1) is 0 Å². The maximum absolute atomic E-state index is 2.69. The molecule has 2 fully saturated rings. The zero-order valence-electron chi connectivity index (χ0n) is 13.0. The van der Waals surface area contributed by atoms with Crippen molar-refractivity contribution in [1.29, 1.82) is 0 Å². The van der Waals surface area contributed by atoms with Gasteiger partial charge in [-0.1, -0.05) is 40.5 Å². The first-order valence-electron chi connectivity index (χ1n) is 8.21.